The van der Waals surface area contributed by atoms with Crippen LogP contribution in [0.3, 0.4) is 0 Å². The van der Waals surface area contributed by atoms with E-state index in [1.807, 2.05) is 6.92 Å². The highest BCUT2D eigenvalue weighted by Gasteiger charge is 2.26. The molecule has 6 nitrogen and oxygen atoms in total. The van der Waals surface area contributed by atoms with Crippen molar-refractivity contribution in [3.05, 3.63) is 30.2 Å². The Morgan fingerprint density at radius 1 is 1.21 bits per heavy atom. The number of anilines is 2. The van der Waals surface area contributed by atoms with Crippen molar-refractivity contribution in [2.24, 2.45) is 0 Å². The molecule has 0 spiro atoms. The zero-order valence-electron chi connectivity index (χ0n) is 14.7. The van der Waals surface area contributed by atoms with Crippen LogP contribution in [0.2, 0.25) is 0 Å². The molecule has 1 aliphatic heterocycles. The molecule has 3 rings (SSSR count). The van der Waals surface area contributed by atoms with Crippen LogP contribution in [-0.2, 0) is 6.42 Å². The molecule has 1 aliphatic rings. The maximum atomic E-state index is 5.66. The Labute approximate surface area is 143 Å². The van der Waals surface area contributed by atoms with Crippen LogP contribution >= 0.6 is 0 Å². The van der Waals surface area contributed by atoms with Crippen LogP contribution in [0.25, 0.3) is 0 Å². The second kappa shape index (κ2) is 7.55. The van der Waals surface area contributed by atoms with E-state index in [0.717, 1.165) is 44.8 Å². The lowest BCUT2D eigenvalue weighted by molar-refractivity contribution is 0.317. The largest absolute Gasteiger partial charge is 0.494 e. The van der Waals surface area contributed by atoms with E-state index < -0.39 is 0 Å². The van der Waals surface area contributed by atoms with Gasteiger partial charge in [0.2, 0.25) is 5.89 Å². The molecule has 24 heavy (non-hydrogen) atoms. The molecule has 1 unspecified atom stereocenters. The predicted octanol–water partition coefficient (Wildman–Crippen LogP) is 3.14. The average molecular weight is 330 g/mol. The molecule has 2 aromatic rings. The maximum Gasteiger partial charge on any atom is 0.266 e. The number of benzene rings is 1. The molecule has 0 saturated carbocycles. The van der Waals surface area contributed by atoms with Gasteiger partial charge in [0.1, 0.15) is 5.75 Å². The zero-order valence-corrected chi connectivity index (χ0v) is 14.7. The van der Waals surface area contributed by atoms with Gasteiger partial charge >= 0.3 is 0 Å². The molecule has 0 amide bonds. The molecule has 0 N–H and O–H groups in total. The van der Waals surface area contributed by atoms with Gasteiger partial charge in [0, 0.05) is 37.8 Å². The molecule has 1 saturated heterocycles. The molecule has 1 atom stereocenters. The molecule has 6 heteroatoms. The third-order valence-electron chi connectivity index (χ3n) is 4.31. The molecule has 0 aliphatic carbocycles. The fraction of sp³-hybridized carbons (Fsp3) is 0.556. The van der Waals surface area contributed by atoms with Crippen molar-refractivity contribution < 1.29 is 9.26 Å². The van der Waals surface area contributed by atoms with Crippen molar-refractivity contribution in [3.63, 3.8) is 0 Å². The van der Waals surface area contributed by atoms with Crippen molar-refractivity contribution in [3.8, 4) is 5.75 Å². The Morgan fingerprint density at radius 3 is 2.62 bits per heavy atom. The molecular weight excluding hydrogens is 304 g/mol. The first-order chi connectivity index (χ1) is 11.7. The molecule has 0 bridgehead atoms. The van der Waals surface area contributed by atoms with Crippen LogP contribution in [0.15, 0.2) is 28.8 Å². The van der Waals surface area contributed by atoms with E-state index >= 15 is 0 Å². The summed E-state index contributed by atoms with van der Waals surface area (Å²) in [4.78, 5) is 9.05. The third kappa shape index (κ3) is 3.63. The highest BCUT2D eigenvalue weighted by Crippen LogP contribution is 2.25. The van der Waals surface area contributed by atoms with E-state index in [1.165, 1.54) is 5.69 Å². The number of aromatic nitrogens is 2. The second-order valence-corrected chi connectivity index (χ2v) is 6.17. The van der Waals surface area contributed by atoms with Crippen molar-refractivity contribution in [1.29, 1.82) is 0 Å². The number of nitrogens with zero attached hydrogens (tertiary/aromatic N) is 4. The van der Waals surface area contributed by atoms with E-state index in [1.54, 1.807) is 0 Å². The minimum Gasteiger partial charge on any atom is -0.494 e. The Hall–Kier alpha value is -2.24. The van der Waals surface area contributed by atoms with E-state index in [2.05, 4.69) is 58.1 Å². The van der Waals surface area contributed by atoms with Gasteiger partial charge in [-0.1, -0.05) is 13.8 Å². The fourth-order valence-electron chi connectivity index (χ4n) is 2.99. The second-order valence-electron chi connectivity index (χ2n) is 6.17. The summed E-state index contributed by atoms with van der Waals surface area (Å²) in [5.41, 5.74) is 1.23. The van der Waals surface area contributed by atoms with Gasteiger partial charge in [0.15, 0.2) is 0 Å². The number of piperazine rings is 1. The summed E-state index contributed by atoms with van der Waals surface area (Å²) in [6, 6.07) is 8.76. The first-order valence-corrected chi connectivity index (χ1v) is 8.78. The predicted molar refractivity (Wildman–Crippen MR) is 94.9 cm³/mol. The standard InChI is InChI=1S/C18H26N4O2/c1-4-12-23-16-8-6-15(7-9-16)22-11-10-21(13-14(22)3)18-19-17(5-2)24-20-18/h6-9,14H,4-5,10-13H2,1-3H3. The summed E-state index contributed by atoms with van der Waals surface area (Å²) in [6.45, 7) is 9.84. The Bertz CT molecular complexity index is 641. The number of hydrogen-bond acceptors (Lipinski definition) is 6. The molecule has 0 radical (unpaired) electrons. The first-order valence-electron chi connectivity index (χ1n) is 8.78. The maximum absolute atomic E-state index is 5.66. The van der Waals surface area contributed by atoms with Crippen LogP contribution in [0.1, 0.15) is 33.1 Å². The Morgan fingerprint density at radius 2 is 2.00 bits per heavy atom. The van der Waals surface area contributed by atoms with E-state index in [0.29, 0.717) is 17.9 Å². The van der Waals surface area contributed by atoms with Gasteiger partial charge in [-0.25, -0.2) is 0 Å². The molecule has 1 aromatic carbocycles. The van der Waals surface area contributed by atoms with E-state index in [-0.39, 0.29) is 0 Å². The lowest BCUT2D eigenvalue weighted by Crippen LogP contribution is -2.52. The fourth-order valence-corrected chi connectivity index (χ4v) is 2.99. The Kier molecular flexibility index (Phi) is 5.23. The first kappa shape index (κ1) is 16.6. The summed E-state index contributed by atoms with van der Waals surface area (Å²) < 4.78 is 10.9. The highest BCUT2D eigenvalue weighted by atomic mass is 16.5. The molecular formula is C18H26N4O2. The van der Waals surface area contributed by atoms with E-state index in [4.69, 9.17) is 9.26 Å². The lowest BCUT2D eigenvalue weighted by Gasteiger charge is -2.40. The quantitative estimate of drug-likeness (QED) is 0.811. The normalized spacial score (nSPS) is 18.0. The molecule has 2 heterocycles. The highest BCUT2D eigenvalue weighted by molar-refractivity contribution is 5.51. The van der Waals surface area contributed by atoms with Gasteiger partial charge < -0.3 is 19.1 Å². The summed E-state index contributed by atoms with van der Waals surface area (Å²) in [5, 5.41) is 4.09. The van der Waals surface area contributed by atoms with Crippen molar-refractivity contribution in [2.75, 3.05) is 36.0 Å². The molecule has 1 aromatic heterocycles. The minimum absolute atomic E-state index is 0.379. The van der Waals surface area contributed by atoms with Crippen LogP contribution < -0.4 is 14.5 Å². The van der Waals surface area contributed by atoms with Crippen LogP contribution in [0, 0.1) is 0 Å². The number of ether oxygens (including phenoxy) is 1. The topological polar surface area (TPSA) is 54.6 Å². The lowest BCUT2D eigenvalue weighted by atomic mass is 10.1. The number of rotatable bonds is 6. The monoisotopic (exact) mass is 330 g/mol. The SMILES string of the molecule is CCCOc1ccc(N2CCN(c3noc(CC)n3)CC2C)cc1. The van der Waals surface area contributed by atoms with Gasteiger partial charge in [-0.2, -0.15) is 4.98 Å². The number of hydrogen-bond donors (Lipinski definition) is 0. The Balaban J connectivity index is 1.62. The molecule has 130 valence electrons. The van der Waals surface area contributed by atoms with Gasteiger partial charge in [-0.15, -0.1) is 0 Å². The van der Waals surface area contributed by atoms with Crippen molar-refractivity contribution in [2.45, 2.75) is 39.7 Å². The van der Waals surface area contributed by atoms with Gasteiger partial charge in [0.05, 0.1) is 6.61 Å². The molecule has 1 fully saturated rings. The van der Waals surface area contributed by atoms with Crippen LogP contribution in [0.5, 0.6) is 5.75 Å². The minimum atomic E-state index is 0.379. The smallest absolute Gasteiger partial charge is 0.266 e. The summed E-state index contributed by atoms with van der Waals surface area (Å²) >= 11 is 0. The summed E-state index contributed by atoms with van der Waals surface area (Å²) in [5.74, 6) is 2.34. The van der Waals surface area contributed by atoms with Crippen LogP contribution in [0.4, 0.5) is 11.6 Å². The van der Waals surface area contributed by atoms with Gasteiger partial charge in [0.25, 0.3) is 5.95 Å². The van der Waals surface area contributed by atoms with E-state index in [9.17, 15) is 0 Å². The summed E-state index contributed by atoms with van der Waals surface area (Å²) in [7, 11) is 0. The van der Waals surface area contributed by atoms with Crippen molar-refractivity contribution >= 4 is 11.6 Å². The van der Waals surface area contributed by atoms with Gasteiger partial charge in [-0.05, 0) is 42.8 Å². The summed E-state index contributed by atoms with van der Waals surface area (Å²) in [6.07, 6.45) is 1.80. The van der Waals surface area contributed by atoms with Crippen molar-refractivity contribution in [1.82, 2.24) is 10.1 Å². The third-order valence-corrected chi connectivity index (χ3v) is 4.31. The van der Waals surface area contributed by atoms with Crippen LogP contribution in [-0.4, -0.2) is 42.4 Å². The zero-order chi connectivity index (χ0) is 16.9. The van der Waals surface area contributed by atoms with Gasteiger partial charge in [-0.3, -0.25) is 0 Å². The average Bonchev–Trinajstić information content (AvgIpc) is 3.10. The number of aryl methyl sites for hydroxylation is 1.